The summed E-state index contributed by atoms with van der Waals surface area (Å²) in [5.74, 6) is -0.0980. The highest BCUT2D eigenvalue weighted by molar-refractivity contribution is 9.10. The molecule has 4 heteroatoms. The fourth-order valence-corrected chi connectivity index (χ4v) is 2.25. The molecule has 0 spiro atoms. The zero-order valence-corrected chi connectivity index (χ0v) is 8.51. The van der Waals surface area contributed by atoms with E-state index in [1.54, 1.807) is 0 Å². The number of hydrogen-bond acceptors (Lipinski definition) is 2. The van der Waals surface area contributed by atoms with Gasteiger partial charge >= 0.3 is 0 Å². The van der Waals surface area contributed by atoms with Gasteiger partial charge in [-0.25, -0.2) is 9.37 Å². The highest BCUT2D eigenvalue weighted by Gasteiger charge is 2.26. The number of aliphatic hydroxyl groups is 1. The van der Waals surface area contributed by atoms with Crippen molar-refractivity contribution in [1.82, 2.24) is 4.98 Å². The summed E-state index contributed by atoms with van der Waals surface area (Å²) in [6.45, 7) is 0.112. The number of aromatic nitrogens is 1. The highest BCUT2D eigenvalue weighted by Crippen LogP contribution is 2.32. The molecule has 1 aromatic heterocycles. The summed E-state index contributed by atoms with van der Waals surface area (Å²) in [6.07, 6.45) is 2.57. The smallest absolute Gasteiger partial charge is 0.145 e. The van der Waals surface area contributed by atoms with Crippen LogP contribution in [0.2, 0.25) is 0 Å². The maximum absolute atomic E-state index is 13.2. The molecule has 0 aliphatic heterocycles. The summed E-state index contributed by atoms with van der Waals surface area (Å²) >= 11 is 3.28. The normalized spacial score (nSPS) is 20.4. The molecule has 0 aromatic carbocycles. The Hall–Kier alpha value is -0.480. The molecule has 1 unspecified atom stereocenters. The Morgan fingerprint density at radius 3 is 2.85 bits per heavy atom. The SMILES string of the molecule is OCC1Cc2c(F)cnc(Br)c2C1. The van der Waals surface area contributed by atoms with E-state index in [1.807, 2.05) is 0 Å². The fraction of sp³-hybridized carbons (Fsp3) is 0.444. The molecule has 1 aliphatic carbocycles. The highest BCUT2D eigenvalue weighted by atomic mass is 79.9. The quantitative estimate of drug-likeness (QED) is 0.765. The number of pyridine rings is 1. The molecular weight excluding hydrogens is 237 g/mol. The molecule has 1 aliphatic rings. The van der Waals surface area contributed by atoms with Gasteiger partial charge in [0.2, 0.25) is 0 Å². The van der Waals surface area contributed by atoms with Crippen molar-refractivity contribution in [1.29, 1.82) is 0 Å². The lowest BCUT2D eigenvalue weighted by molar-refractivity contribution is 0.232. The van der Waals surface area contributed by atoms with Crippen LogP contribution < -0.4 is 0 Å². The average molecular weight is 246 g/mol. The lowest BCUT2D eigenvalue weighted by Crippen LogP contribution is -2.04. The minimum Gasteiger partial charge on any atom is -0.396 e. The maximum Gasteiger partial charge on any atom is 0.145 e. The monoisotopic (exact) mass is 245 g/mol. The number of fused-ring (bicyclic) bond motifs is 1. The first-order valence-electron chi connectivity index (χ1n) is 4.15. The molecule has 0 saturated heterocycles. The van der Waals surface area contributed by atoms with Crippen LogP contribution in [0, 0.1) is 11.7 Å². The van der Waals surface area contributed by atoms with Gasteiger partial charge in [0.15, 0.2) is 0 Å². The molecular formula is C9H9BrFNO. The lowest BCUT2D eigenvalue weighted by Gasteiger charge is -2.00. The van der Waals surface area contributed by atoms with Gasteiger partial charge in [-0.1, -0.05) is 0 Å². The molecule has 0 fully saturated rings. The zero-order valence-electron chi connectivity index (χ0n) is 6.93. The third-order valence-corrected chi connectivity index (χ3v) is 3.12. The number of hydrogen-bond donors (Lipinski definition) is 1. The van der Waals surface area contributed by atoms with Crippen molar-refractivity contribution in [3.05, 3.63) is 27.7 Å². The molecule has 1 heterocycles. The van der Waals surface area contributed by atoms with Crippen LogP contribution in [0.4, 0.5) is 4.39 Å². The zero-order chi connectivity index (χ0) is 9.42. The van der Waals surface area contributed by atoms with Crippen LogP contribution in [0.25, 0.3) is 0 Å². The molecule has 13 heavy (non-hydrogen) atoms. The van der Waals surface area contributed by atoms with Gasteiger partial charge in [0, 0.05) is 6.61 Å². The molecule has 1 aromatic rings. The molecule has 1 atom stereocenters. The number of aliphatic hydroxyl groups excluding tert-OH is 1. The number of halogens is 2. The summed E-state index contributed by atoms with van der Waals surface area (Å²) in [5.41, 5.74) is 1.62. The van der Waals surface area contributed by atoms with Crippen LogP contribution in [-0.2, 0) is 12.8 Å². The molecule has 0 saturated carbocycles. The molecule has 2 rings (SSSR count). The van der Waals surface area contributed by atoms with Crippen LogP contribution in [0.15, 0.2) is 10.8 Å². The minimum atomic E-state index is -0.255. The Balaban J connectivity index is 2.43. The molecule has 70 valence electrons. The van der Waals surface area contributed by atoms with Crippen molar-refractivity contribution in [3.8, 4) is 0 Å². The molecule has 0 amide bonds. The summed E-state index contributed by atoms with van der Waals surface area (Å²) < 4.78 is 13.9. The van der Waals surface area contributed by atoms with E-state index in [4.69, 9.17) is 5.11 Å². The van der Waals surface area contributed by atoms with E-state index in [-0.39, 0.29) is 18.3 Å². The first-order valence-corrected chi connectivity index (χ1v) is 4.94. The molecule has 2 nitrogen and oxygen atoms in total. The Morgan fingerprint density at radius 1 is 1.54 bits per heavy atom. The van der Waals surface area contributed by atoms with Gasteiger partial charge in [-0.3, -0.25) is 0 Å². The lowest BCUT2D eigenvalue weighted by atomic mass is 10.1. The minimum absolute atomic E-state index is 0.112. The predicted molar refractivity (Wildman–Crippen MR) is 49.9 cm³/mol. The predicted octanol–water partition coefficient (Wildman–Crippen LogP) is 1.69. The van der Waals surface area contributed by atoms with Gasteiger partial charge < -0.3 is 5.11 Å². The maximum atomic E-state index is 13.2. The van der Waals surface area contributed by atoms with Crippen LogP contribution >= 0.6 is 15.9 Å². The van der Waals surface area contributed by atoms with Crippen LogP contribution in [0.3, 0.4) is 0 Å². The van der Waals surface area contributed by atoms with Crippen molar-refractivity contribution in [2.24, 2.45) is 5.92 Å². The standard InChI is InChI=1S/C9H9BrFNO/c10-9-7-2-5(4-13)1-6(7)8(11)3-12-9/h3,5,13H,1-2,4H2. The van der Waals surface area contributed by atoms with E-state index in [0.717, 1.165) is 12.0 Å². The van der Waals surface area contributed by atoms with Crippen LogP contribution in [-0.4, -0.2) is 16.7 Å². The van der Waals surface area contributed by atoms with Crippen molar-refractivity contribution >= 4 is 15.9 Å². The van der Waals surface area contributed by atoms with Crippen molar-refractivity contribution < 1.29 is 9.50 Å². The van der Waals surface area contributed by atoms with E-state index in [9.17, 15) is 4.39 Å². The van der Waals surface area contributed by atoms with Gasteiger partial charge in [-0.2, -0.15) is 0 Å². The Bertz CT molecular complexity index is 312. The second-order valence-electron chi connectivity index (χ2n) is 3.31. The van der Waals surface area contributed by atoms with Crippen molar-refractivity contribution in [3.63, 3.8) is 0 Å². The van der Waals surface area contributed by atoms with Gasteiger partial charge in [0.1, 0.15) is 10.4 Å². The van der Waals surface area contributed by atoms with Gasteiger partial charge in [0.25, 0.3) is 0 Å². The van der Waals surface area contributed by atoms with Gasteiger partial charge in [-0.15, -0.1) is 0 Å². The van der Waals surface area contributed by atoms with E-state index in [2.05, 4.69) is 20.9 Å². The molecule has 0 bridgehead atoms. The van der Waals surface area contributed by atoms with Crippen molar-refractivity contribution in [2.45, 2.75) is 12.8 Å². The molecule has 0 radical (unpaired) electrons. The topological polar surface area (TPSA) is 33.1 Å². The van der Waals surface area contributed by atoms with E-state index in [1.165, 1.54) is 6.20 Å². The van der Waals surface area contributed by atoms with Gasteiger partial charge in [0.05, 0.1) is 6.20 Å². The number of nitrogens with zero attached hydrogens (tertiary/aromatic N) is 1. The average Bonchev–Trinajstić information content (AvgIpc) is 2.56. The molecule has 1 N–H and O–H groups in total. The second-order valence-corrected chi connectivity index (χ2v) is 4.06. The third kappa shape index (κ3) is 1.48. The summed E-state index contributed by atoms with van der Waals surface area (Å²) in [6, 6.07) is 0. The summed E-state index contributed by atoms with van der Waals surface area (Å²) in [5, 5.41) is 8.96. The largest absolute Gasteiger partial charge is 0.396 e. The summed E-state index contributed by atoms with van der Waals surface area (Å²) in [7, 11) is 0. The first-order chi connectivity index (χ1) is 6.22. The summed E-state index contributed by atoms with van der Waals surface area (Å²) in [4.78, 5) is 3.88. The third-order valence-electron chi connectivity index (χ3n) is 2.44. The van der Waals surface area contributed by atoms with E-state index < -0.39 is 0 Å². The van der Waals surface area contributed by atoms with E-state index in [0.29, 0.717) is 16.6 Å². The Morgan fingerprint density at radius 2 is 2.23 bits per heavy atom. The van der Waals surface area contributed by atoms with Crippen molar-refractivity contribution in [2.75, 3.05) is 6.61 Å². The van der Waals surface area contributed by atoms with Crippen LogP contribution in [0.5, 0.6) is 0 Å². The Labute approximate surface area is 83.9 Å². The Kier molecular flexibility index (Phi) is 2.34. The first kappa shape index (κ1) is 9.09. The van der Waals surface area contributed by atoms with Gasteiger partial charge in [-0.05, 0) is 45.8 Å². The number of rotatable bonds is 1. The van der Waals surface area contributed by atoms with Crippen LogP contribution in [0.1, 0.15) is 11.1 Å². The second kappa shape index (κ2) is 3.35. The fourth-order valence-electron chi connectivity index (χ4n) is 1.74. The van der Waals surface area contributed by atoms with E-state index >= 15 is 0 Å².